The van der Waals surface area contributed by atoms with Gasteiger partial charge in [-0.25, -0.2) is 0 Å². The standard InChI is InChI=1S/C17H17BrOS/c18-13-6-8-14(9-7-13)20-11-17(19)16-10-15(16)12-4-2-1-3-5-12/h1-9,15-17,19H,10-11H2. The van der Waals surface area contributed by atoms with Gasteiger partial charge in [0.15, 0.2) is 0 Å². The Balaban J connectivity index is 1.51. The summed E-state index contributed by atoms with van der Waals surface area (Å²) in [7, 11) is 0. The van der Waals surface area contributed by atoms with E-state index < -0.39 is 0 Å². The molecule has 0 bridgehead atoms. The number of benzene rings is 2. The summed E-state index contributed by atoms with van der Waals surface area (Å²) in [6, 6.07) is 18.8. The molecule has 1 saturated carbocycles. The summed E-state index contributed by atoms with van der Waals surface area (Å²) in [5.41, 5.74) is 1.37. The molecule has 3 heteroatoms. The van der Waals surface area contributed by atoms with Crippen LogP contribution in [0.15, 0.2) is 64.0 Å². The van der Waals surface area contributed by atoms with E-state index in [2.05, 4.69) is 52.3 Å². The summed E-state index contributed by atoms with van der Waals surface area (Å²) in [5, 5.41) is 10.3. The molecular formula is C17H17BrOS. The minimum atomic E-state index is -0.214. The van der Waals surface area contributed by atoms with E-state index in [4.69, 9.17) is 0 Å². The molecule has 104 valence electrons. The van der Waals surface area contributed by atoms with Crippen molar-refractivity contribution in [1.29, 1.82) is 0 Å². The Morgan fingerprint density at radius 2 is 1.80 bits per heavy atom. The zero-order valence-electron chi connectivity index (χ0n) is 11.1. The summed E-state index contributed by atoms with van der Waals surface area (Å²) in [6.07, 6.45) is 0.903. The molecule has 20 heavy (non-hydrogen) atoms. The second kappa shape index (κ2) is 6.33. The van der Waals surface area contributed by atoms with Crippen LogP contribution in [0.1, 0.15) is 17.9 Å². The van der Waals surface area contributed by atoms with E-state index in [1.807, 2.05) is 18.2 Å². The maximum atomic E-state index is 10.3. The van der Waals surface area contributed by atoms with Crippen molar-refractivity contribution in [3.8, 4) is 0 Å². The highest BCUT2D eigenvalue weighted by molar-refractivity contribution is 9.10. The van der Waals surface area contributed by atoms with E-state index in [9.17, 15) is 5.11 Å². The van der Waals surface area contributed by atoms with Crippen LogP contribution in [0.2, 0.25) is 0 Å². The summed E-state index contributed by atoms with van der Waals surface area (Å²) in [5.74, 6) is 1.76. The molecule has 1 aliphatic rings. The molecule has 1 fully saturated rings. The molecule has 0 spiro atoms. The van der Waals surface area contributed by atoms with Crippen LogP contribution < -0.4 is 0 Å². The lowest BCUT2D eigenvalue weighted by Crippen LogP contribution is -2.13. The van der Waals surface area contributed by atoms with E-state index in [-0.39, 0.29) is 6.10 Å². The van der Waals surface area contributed by atoms with E-state index in [0.717, 1.165) is 16.6 Å². The smallest absolute Gasteiger partial charge is 0.0668 e. The van der Waals surface area contributed by atoms with E-state index in [1.54, 1.807) is 11.8 Å². The summed E-state index contributed by atoms with van der Waals surface area (Å²) < 4.78 is 1.09. The fraction of sp³-hybridized carbons (Fsp3) is 0.294. The van der Waals surface area contributed by atoms with Crippen molar-refractivity contribution < 1.29 is 5.11 Å². The van der Waals surface area contributed by atoms with Crippen LogP contribution in [0, 0.1) is 5.92 Å². The van der Waals surface area contributed by atoms with E-state index >= 15 is 0 Å². The molecule has 0 radical (unpaired) electrons. The molecule has 0 aromatic heterocycles. The third-order valence-corrected chi connectivity index (χ3v) is 5.44. The Morgan fingerprint density at radius 1 is 1.10 bits per heavy atom. The molecule has 2 aromatic carbocycles. The maximum absolute atomic E-state index is 10.3. The van der Waals surface area contributed by atoms with Gasteiger partial charge in [-0.2, -0.15) is 0 Å². The number of aliphatic hydroxyl groups is 1. The van der Waals surface area contributed by atoms with Crippen LogP contribution in [0.3, 0.4) is 0 Å². The van der Waals surface area contributed by atoms with Gasteiger partial charge in [-0.15, -0.1) is 11.8 Å². The number of hydrogen-bond acceptors (Lipinski definition) is 2. The second-order valence-electron chi connectivity index (χ2n) is 5.25. The number of aliphatic hydroxyl groups excluding tert-OH is 1. The van der Waals surface area contributed by atoms with Crippen LogP contribution in [0.4, 0.5) is 0 Å². The lowest BCUT2D eigenvalue weighted by Gasteiger charge is -2.10. The van der Waals surface area contributed by atoms with Gasteiger partial charge in [0.25, 0.3) is 0 Å². The third kappa shape index (κ3) is 3.46. The van der Waals surface area contributed by atoms with Gasteiger partial charge in [-0.3, -0.25) is 0 Å². The first-order chi connectivity index (χ1) is 9.74. The number of rotatable bonds is 5. The highest BCUT2D eigenvalue weighted by atomic mass is 79.9. The van der Waals surface area contributed by atoms with Gasteiger partial charge in [0.2, 0.25) is 0 Å². The molecule has 1 aliphatic carbocycles. The molecule has 3 atom stereocenters. The van der Waals surface area contributed by atoms with Crippen LogP contribution in [0.25, 0.3) is 0 Å². The van der Waals surface area contributed by atoms with Crippen molar-refractivity contribution >= 4 is 27.7 Å². The molecular weight excluding hydrogens is 332 g/mol. The molecule has 3 unspecified atom stereocenters. The Kier molecular flexibility index (Phi) is 4.49. The van der Waals surface area contributed by atoms with Crippen LogP contribution in [0.5, 0.6) is 0 Å². The van der Waals surface area contributed by atoms with Crippen molar-refractivity contribution in [3.63, 3.8) is 0 Å². The average molecular weight is 349 g/mol. The molecule has 1 N–H and O–H groups in total. The minimum absolute atomic E-state index is 0.214. The van der Waals surface area contributed by atoms with Gasteiger partial charge >= 0.3 is 0 Å². The fourth-order valence-corrected chi connectivity index (χ4v) is 3.76. The zero-order chi connectivity index (χ0) is 13.9. The summed E-state index contributed by atoms with van der Waals surface area (Å²) >= 11 is 5.17. The number of halogens is 1. The first-order valence-corrected chi connectivity index (χ1v) is 8.63. The molecule has 3 rings (SSSR count). The van der Waals surface area contributed by atoms with Gasteiger partial charge in [0, 0.05) is 15.1 Å². The van der Waals surface area contributed by atoms with Crippen molar-refractivity contribution in [3.05, 3.63) is 64.6 Å². The van der Waals surface area contributed by atoms with Crippen molar-refractivity contribution in [2.45, 2.75) is 23.3 Å². The fourth-order valence-electron chi connectivity index (χ4n) is 2.56. The molecule has 0 heterocycles. The molecule has 0 aliphatic heterocycles. The number of hydrogen-bond donors (Lipinski definition) is 1. The van der Waals surface area contributed by atoms with E-state index in [0.29, 0.717) is 11.8 Å². The molecule has 1 nitrogen and oxygen atoms in total. The Labute approximate surface area is 132 Å². The maximum Gasteiger partial charge on any atom is 0.0668 e. The largest absolute Gasteiger partial charge is 0.392 e. The van der Waals surface area contributed by atoms with Gasteiger partial charge in [-0.05, 0) is 48.1 Å². The molecule has 0 saturated heterocycles. The highest BCUT2D eigenvalue weighted by Crippen LogP contribution is 2.50. The molecule has 2 aromatic rings. The normalized spacial score (nSPS) is 22.5. The van der Waals surface area contributed by atoms with Crippen LogP contribution in [-0.4, -0.2) is 17.0 Å². The van der Waals surface area contributed by atoms with Gasteiger partial charge in [0.05, 0.1) is 6.10 Å². The van der Waals surface area contributed by atoms with Crippen LogP contribution >= 0.6 is 27.7 Å². The lowest BCUT2D eigenvalue weighted by molar-refractivity contribution is 0.173. The SMILES string of the molecule is OC(CSc1ccc(Br)cc1)C1CC1c1ccccc1. The second-order valence-corrected chi connectivity index (χ2v) is 7.26. The van der Waals surface area contributed by atoms with Gasteiger partial charge in [0.1, 0.15) is 0 Å². The molecule has 0 amide bonds. The monoisotopic (exact) mass is 348 g/mol. The van der Waals surface area contributed by atoms with Crippen molar-refractivity contribution in [2.24, 2.45) is 5.92 Å². The predicted octanol–water partition coefficient (Wildman–Crippen LogP) is 4.71. The topological polar surface area (TPSA) is 20.2 Å². The first kappa shape index (κ1) is 14.2. The third-order valence-electron chi connectivity index (χ3n) is 3.80. The zero-order valence-corrected chi connectivity index (χ0v) is 13.5. The Bertz CT molecular complexity index is 555. The van der Waals surface area contributed by atoms with Gasteiger partial charge in [-0.1, -0.05) is 46.3 Å². The lowest BCUT2D eigenvalue weighted by atomic mass is 10.1. The van der Waals surface area contributed by atoms with Crippen LogP contribution in [-0.2, 0) is 0 Å². The first-order valence-electron chi connectivity index (χ1n) is 6.85. The summed E-state index contributed by atoms with van der Waals surface area (Å²) in [6.45, 7) is 0. The van der Waals surface area contributed by atoms with Gasteiger partial charge < -0.3 is 5.11 Å². The van der Waals surface area contributed by atoms with Crippen molar-refractivity contribution in [2.75, 3.05) is 5.75 Å². The Hall–Kier alpha value is -0.770. The summed E-state index contributed by atoms with van der Waals surface area (Å²) in [4.78, 5) is 1.21. The van der Waals surface area contributed by atoms with E-state index in [1.165, 1.54) is 10.5 Å². The predicted molar refractivity (Wildman–Crippen MR) is 88.2 cm³/mol. The quantitative estimate of drug-likeness (QED) is 0.789. The highest BCUT2D eigenvalue weighted by Gasteiger charge is 2.42. The Morgan fingerprint density at radius 3 is 2.50 bits per heavy atom. The van der Waals surface area contributed by atoms with Crippen molar-refractivity contribution in [1.82, 2.24) is 0 Å². The average Bonchev–Trinajstić information content (AvgIpc) is 3.28. The minimum Gasteiger partial charge on any atom is -0.392 e. The number of thioether (sulfide) groups is 1.